The summed E-state index contributed by atoms with van der Waals surface area (Å²) in [6, 6.07) is 21.4. The largest absolute Gasteiger partial charge is 0.507 e. The van der Waals surface area contributed by atoms with Gasteiger partial charge in [-0.3, -0.25) is 14.5 Å². The van der Waals surface area contributed by atoms with Crippen LogP contribution in [0.3, 0.4) is 0 Å². The number of amides is 1. The molecule has 7 nitrogen and oxygen atoms in total. The van der Waals surface area contributed by atoms with Crippen LogP contribution in [0.5, 0.6) is 5.75 Å². The molecule has 0 saturated carbocycles. The Morgan fingerprint density at radius 2 is 1.53 bits per heavy atom. The fourth-order valence-electron chi connectivity index (χ4n) is 4.84. The zero-order valence-corrected chi connectivity index (χ0v) is 22.6. The minimum Gasteiger partial charge on any atom is -0.507 e. The molecule has 1 heterocycles. The van der Waals surface area contributed by atoms with Crippen molar-refractivity contribution in [2.45, 2.75) is 26.8 Å². The second-order valence-electron chi connectivity index (χ2n) is 9.30. The van der Waals surface area contributed by atoms with E-state index in [2.05, 4.69) is 18.7 Å². The molecule has 3 aromatic carbocycles. The Kier molecular flexibility index (Phi) is 8.05. The van der Waals surface area contributed by atoms with Gasteiger partial charge in [0, 0.05) is 49.8 Å². The van der Waals surface area contributed by atoms with Crippen molar-refractivity contribution in [3.63, 3.8) is 0 Å². The SMILES string of the molecule is CCOc1cccc(/C(O)=C2\C(=O)C(=O)N(c3ccc(N(C)C)cc3)C2c2ccc(N(CC)CC)cc2)c1. The van der Waals surface area contributed by atoms with Gasteiger partial charge >= 0.3 is 0 Å². The number of carbonyl (C=O) groups excluding carboxylic acids is 2. The molecule has 198 valence electrons. The molecule has 0 spiro atoms. The summed E-state index contributed by atoms with van der Waals surface area (Å²) in [6.07, 6.45) is 0. The zero-order valence-electron chi connectivity index (χ0n) is 22.6. The third kappa shape index (κ3) is 5.09. The molecule has 1 aliphatic rings. The summed E-state index contributed by atoms with van der Waals surface area (Å²) >= 11 is 0. The summed E-state index contributed by atoms with van der Waals surface area (Å²) in [6.45, 7) is 8.27. The molecule has 0 radical (unpaired) electrons. The van der Waals surface area contributed by atoms with Gasteiger partial charge in [0.1, 0.15) is 11.5 Å². The highest BCUT2D eigenvalue weighted by Gasteiger charge is 2.47. The number of ether oxygens (including phenoxy) is 1. The molecule has 0 aliphatic carbocycles. The molecule has 3 aromatic rings. The summed E-state index contributed by atoms with van der Waals surface area (Å²) in [5.74, 6) is -1.05. The lowest BCUT2D eigenvalue weighted by Crippen LogP contribution is -2.29. The number of Topliss-reactive ketones (excluding diaryl/α,β-unsaturated/α-hetero) is 1. The predicted octanol–water partition coefficient (Wildman–Crippen LogP) is 5.62. The van der Waals surface area contributed by atoms with Gasteiger partial charge in [0.05, 0.1) is 18.2 Å². The average Bonchev–Trinajstić information content (AvgIpc) is 3.19. The lowest BCUT2D eigenvalue weighted by Gasteiger charge is -2.27. The molecule has 1 unspecified atom stereocenters. The fourth-order valence-corrected chi connectivity index (χ4v) is 4.84. The van der Waals surface area contributed by atoms with Crippen molar-refractivity contribution in [1.29, 1.82) is 0 Å². The van der Waals surface area contributed by atoms with E-state index in [9.17, 15) is 14.7 Å². The van der Waals surface area contributed by atoms with Crippen LogP contribution in [-0.2, 0) is 9.59 Å². The normalized spacial score (nSPS) is 16.6. The van der Waals surface area contributed by atoms with Crippen LogP contribution in [0.4, 0.5) is 17.1 Å². The number of hydrogen-bond donors (Lipinski definition) is 1. The van der Waals surface area contributed by atoms with Gasteiger partial charge in [-0.25, -0.2) is 0 Å². The van der Waals surface area contributed by atoms with E-state index in [1.54, 1.807) is 24.3 Å². The maximum absolute atomic E-state index is 13.5. The van der Waals surface area contributed by atoms with Crippen LogP contribution >= 0.6 is 0 Å². The van der Waals surface area contributed by atoms with Crippen molar-refractivity contribution in [2.75, 3.05) is 48.5 Å². The number of rotatable bonds is 9. The summed E-state index contributed by atoms with van der Waals surface area (Å²) in [5.41, 5.74) is 3.81. The first-order valence-electron chi connectivity index (χ1n) is 13.0. The van der Waals surface area contributed by atoms with Crippen LogP contribution in [0.2, 0.25) is 0 Å². The Morgan fingerprint density at radius 3 is 2.11 bits per heavy atom. The lowest BCUT2D eigenvalue weighted by molar-refractivity contribution is -0.132. The van der Waals surface area contributed by atoms with Gasteiger partial charge in [-0.15, -0.1) is 0 Å². The van der Waals surface area contributed by atoms with Crippen LogP contribution in [-0.4, -0.2) is 50.6 Å². The Morgan fingerprint density at radius 1 is 0.895 bits per heavy atom. The van der Waals surface area contributed by atoms with E-state index in [1.165, 1.54) is 4.90 Å². The predicted molar refractivity (Wildman–Crippen MR) is 153 cm³/mol. The van der Waals surface area contributed by atoms with Crippen LogP contribution in [0.25, 0.3) is 5.76 Å². The first-order chi connectivity index (χ1) is 18.3. The third-order valence-corrected chi connectivity index (χ3v) is 6.84. The first kappa shape index (κ1) is 26.8. The summed E-state index contributed by atoms with van der Waals surface area (Å²) in [4.78, 5) is 32.6. The Labute approximate surface area is 224 Å². The number of carbonyl (C=O) groups is 2. The number of ketones is 1. The molecule has 1 amide bonds. The van der Waals surface area contributed by atoms with E-state index in [0.717, 1.165) is 30.0 Å². The van der Waals surface area contributed by atoms with Crippen LogP contribution < -0.4 is 19.4 Å². The molecule has 38 heavy (non-hydrogen) atoms. The molecule has 1 N–H and O–H groups in total. The van der Waals surface area contributed by atoms with Gasteiger partial charge in [-0.05, 0) is 74.9 Å². The summed E-state index contributed by atoms with van der Waals surface area (Å²) in [5, 5.41) is 11.4. The smallest absolute Gasteiger partial charge is 0.300 e. The lowest BCUT2D eigenvalue weighted by atomic mass is 9.94. The van der Waals surface area contributed by atoms with E-state index in [4.69, 9.17) is 4.74 Å². The topological polar surface area (TPSA) is 73.3 Å². The Balaban J connectivity index is 1.87. The van der Waals surface area contributed by atoms with Crippen molar-refractivity contribution in [2.24, 2.45) is 0 Å². The maximum atomic E-state index is 13.5. The van der Waals surface area contributed by atoms with Gasteiger partial charge in [0.25, 0.3) is 11.7 Å². The molecule has 1 saturated heterocycles. The van der Waals surface area contributed by atoms with E-state index in [-0.39, 0.29) is 11.3 Å². The van der Waals surface area contributed by atoms with Crippen molar-refractivity contribution >= 4 is 34.5 Å². The monoisotopic (exact) mass is 513 g/mol. The minimum atomic E-state index is -0.790. The maximum Gasteiger partial charge on any atom is 0.300 e. The number of nitrogens with zero attached hydrogens (tertiary/aromatic N) is 3. The van der Waals surface area contributed by atoms with Gasteiger partial charge in [-0.1, -0.05) is 24.3 Å². The van der Waals surface area contributed by atoms with Crippen molar-refractivity contribution in [1.82, 2.24) is 0 Å². The minimum absolute atomic E-state index is 0.0518. The molecule has 0 bridgehead atoms. The number of aliphatic hydroxyl groups excluding tert-OH is 1. The first-order valence-corrected chi connectivity index (χ1v) is 13.0. The highest BCUT2D eigenvalue weighted by molar-refractivity contribution is 6.51. The average molecular weight is 514 g/mol. The van der Waals surface area contributed by atoms with Gasteiger partial charge < -0.3 is 19.6 Å². The molecule has 0 aromatic heterocycles. The molecule has 7 heteroatoms. The van der Waals surface area contributed by atoms with Gasteiger partial charge in [0.15, 0.2) is 0 Å². The Hall–Kier alpha value is -4.26. The number of aliphatic hydroxyl groups is 1. The molecule has 1 aliphatic heterocycles. The van der Waals surface area contributed by atoms with Gasteiger partial charge in [0.2, 0.25) is 0 Å². The quantitative estimate of drug-likeness (QED) is 0.227. The van der Waals surface area contributed by atoms with E-state index >= 15 is 0 Å². The standard InChI is InChI=1S/C31H35N3O4/c1-6-33(7-2)24-14-12-21(13-15-24)28-27(29(35)22-10-9-11-26(20-22)38-8-3)30(36)31(37)34(28)25-18-16-23(17-19-25)32(4)5/h9-20,28,35H,6-8H2,1-5H3/b29-27+. The highest BCUT2D eigenvalue weighted by atomic mass is 16.5. The highest BCUT2D eigenvalue weighted by Crippen LogP contribution is 2.43. The summed E-state index contributed by atoms with van der Waals surface area (Å²) in [7, 11) is 3.88. The van der Waals surface area contributed by atoms with Crippen LogP contribution in [0, 0.1) is 0 Å². The van der Waals surface area contributed by atoms with Gasteiger partial charge in [-0.2, -0.15) is 0 Å². The molecule has 1 fully saturated rings. The molecule has 1 atom stereocenters. The second kappa shape index (κ2) is 11.4. The van der Waals surface area contributed by atoms with Crippen LogP contribution in [0.1, 0.15) is 37.9 Å². The second-order valence-corrected chi connectivity index (χ2v) is 9.30. The molecule has 4 rings (SSSR count). The van der Waals surface area contributed by atoms with Crippen molar-refractivity contribution < 1.29 is 19.4 Å². The number of anilines is 3. The Bertz CT molecular complexity index is 1330. The summed E-state index contributed by atoms with van der Waals surface area (Å²) < 4.78 is 5.59. The number of benzene rings is 3. The van der Waals surface area contributed by atoms with Crippen molar-refractivity contribution in [3.8, 4) is 5.75 Å². The van der Waals surface area contributed by atoms with Crippen LogP contribution in [0.15, 0.2) is 78.4 Å². The molecular formula is C31H35N3O4. The number of hydrogen-bond acceptors (Lipinski definition) is 6. The van der Waals surface area contributed by atoms with E-state index in [1.807, 2.05) is 74.4 Å². The third-order valence-electron chi connectivity index (χ3n) is 6.84. The van der Waals surface area contributed by atoms with E-state index in [0.29, 0.717) is 23.6 Å². The zero-order chi connectivity index (χ0) is 27.4. The van der Waals surface area contributed by atoms with E-state index < -0.39 is 17.7 Å². The molecular weight excluding hydrogens is 478 g/mol. The fraction of sp³-hybridized carbons (Fsp3) is 0.290. The van der Waals surface area contributed by atoms with Crippen molar-refractivity contribution in [3.05, 3.63) is 89.5 Å².